The first-order chi connectivity index (χ1) is 9.79. The molecule has 0 fully saturated rings. The van der Waals surface area contributed by atoms with Crippen molar-refractivity contribution in [2.45, 2.75) is 32.6 Å². The van der Waals surface area contributed by atoms with Crippen LogP contribution in [0.25, 0.3) is 0 Å². The lowest BCUT2D eigenvalue weighted by Crippen LogP contribution is -2.31. The van der Waals surface area contributed by atoms with E-state index in [1.807, 2.05) is 32.3 Å². The number of ether oxygens (including phenoxy) is 1. The van der Waals surface area contributed by atoms with E-state index in [9.17, 15) is 4.79 Å². The van der Waals surface area contributed by atoms with Crippen molar-refractivity contribution >= 4 is 5.91 Å². The third-order valence-corrected chi connectivity index (χ3v) is 3.17. The molecule has 0 spiro atoms. The molecule has 0 aliphatic carbocycles. The fourth-order valence-corrected chi connectivity index (χ4v) is 1.88. The molecule has 0 bridgehead atoms. The van der Waals surface area contributed by atoms with Crippen LogP contribution < -0.4 is 10.1 Å². The third-order valence-electron chi connectivity index (χ3n) is 3.17. The van der Waals surface area contributed by atoms with E-state index < -0.39 is 0 Å². The van der Waals surface area contributed by atoms with Crippen molar-refractivity contribution in [1.29, 1.82) is 0 Å². The van der Waals surface area contributed by atoms with Crippen LogP contribution in [0.1, 0.15) is 32.8 Å². The van der Waals surface area contributed by atoms with E-state index in [1.54, 1.807) is 0 Å². The van der Waals surface area contributed by atoms with Crippen LogP contribution in [0.2, 0.25) is 0 Å². The van der Waals surface area contributed by atoms with Gasteiger partial charge in [-0.05, 0) is 50.2 Å². The molecule has 0 saturated carbocycles. The summed E-state index contributed by atoms with van der Waals surface area (Å²) in [6.07, 6.45) is 0.943. The molecular weight excluding hydrogens is 264 g/mol. The summed E-state index contributed by atoms with van der Waals surface area (Å²) >= 11 is 0. The summed E-state index contributed by atoms with van der Waals surface area (Å²) in [7, 11) is 4.04. The molecule has 1 aromatic rings. The molecule has 0 heterocycles. The summed E-state index contributed by atoms with van der Waals surface area (Å²) in [4.78, 5) is 13.8. The Morgan fingerprint density at radius 1 is 1.29 bits per heavy atom. The van der Waals surface area contributed by atoms with Gasteiger partial charge in [0.15, 0.2) is 6.61 Å². The summed E-state index contributed by atoms with van der Waals surface area (Å²) in [5, 5.41) is 2.86. The molecule has 21 heavy (non-hydrogen) atoms. The molecule has 1 N–H and O–H groups in total. The maximum absolute atomic E-state index is 11.7. The zero-order valence-corrected chi connectivity index (χ0v) is 13.9. The summed E-state index contributed by atoms with van der Waals surface area (Å²) in [6, 6.07) is 7.92. The number of amides is 1. The highest BCUT2D eigenvalue weighted by atomic mass is 16.5. The van der Waals surface area contributed by atoms with Crippen LogP contribution in [0, 0.1) is 0 Å². The monoisotopic (exact) mass is 292 g/mol. The van der Waals surface area contributed by atoms with E-state index >= 15 is 0 Å². The van der Waals surface area contributed by atoms with Gasteiger partial charge >= 0.3 is 0 Å². The van der Waals surface area contributed by atoms with Gasteiger partial charge in [0.25, 0.3) is 5.91 Å². The highest BCUT2D eigenvalue weighted by molar-refractivity contribution is 5.77. The summed E-state index contributed by atoms with van der Waals surface area (Å²) in [5.41, 5.74) is 1.28. The van der Waals surface area contributed by atoms with Crippen LogP contribution in [0.3, 0.4) is 0 Å². The summed E-state index contributed by atoms with van der Waals surface area (Å²) in [5.74, 6) is 0.667. The highest BCUT2D eigenvalue weighted by Gasteiger charge is 2.14. The lowest BCUT2D eigenvalue weighted by atomic mass is 9.87. The third kappa shape index (κ3) is 7.14. The van der Waals surface area contributed by atoms with Gasteiger partial charge in [0.2, 0.25) is 0 Å². The zero-order chi connectivity index (χ0) is 15.9. The minimum Gasteiger partial charge on any atom is -0.484 e. The Bertz CT molecular complexity index is 450. The van der Waals surface area contributed by atoms with Crippen molar-refractivity contribution in [3.63, 3.8) is 0 Å². The van der Waals surface area contributed by atoms with Crippen LogP contribution in [0.5, 0.6) is 5.75 Å². The fraction of sp³-hybridized carbons (Fsp3) is 0.588. The number of nitrogens with one attached hydrogen (secondary N) is 1. The summed E-state index contributed by atoms with van der Waals surface area (Å²) < 4.78 is 5.56. The van der Waals surface area contributed by atoms with Gasteiger partial charge in [-0.15, -0.1) is 0 Å². The molecule has 1 rings (SSSR count). The smallest absolute Gasteiger partial charge is 0.257 e. The van der Waals surface area contributed by atoms with Crippen molar-refractivity contribution in [2.24, 2.45) is 0 Å². The summed E-state index contributed by atoms with van der Waals surface area (Å²) in [6.45, 7) is 8.18. The van der Waals surface area contributed by atoms with E-state index in [1.165, 1.54) is 5.56 Å². The molecule has 0 aromatic heterocycles. The van der Waals surface area contributed by atoms with Gasteiger partial charge in [-0.2, -0.15) is 0 Å². The van der Waals surface area contributed by atoms with Crippen LogP contribution in [-0.4, -0.2) is 44.6 Å². The van der Waals surface area contributed by atoms with Crippen LogP contribution in [-0.2, 0) is 10.2 Å². The van der Waals surface area contributed by atoms with E-state index in [2.05, 4.69) is 37.1 Å². The largest absolute Gasteiger partial charge is 0.484 e. The lowest BCUT2D eigenvalue weighted by molar-refractivity contribution is -0.123. The average molecular weight is 292 g/mol. The molecule has 0 atom stereocenters. The number of benzene rings is 1. The quantitative estimate of drug-likeness (QED) is 0.785. The van der Waals surface area contributed by atoms with E-state index in [-0.39, 0.29) is 17.9 Å². The van der Waals surface area contributed by atoms with Crippen molar-refractivity contribution < 1.29 is 9.53 Å². The number of carbonyl (C=O) groups is 1. The Kier molecular flexibility index (Phi) is 6.69. The highest BCUT2D eigenvalue weighted by Crippen LogP contribution is 2.25. The standard InChI is InChI=1S/C17H28N2O2/c1-17(2,3)14-8-6-9-15(12-14)21-13-16(20)18-10-7-11-19(4)5/h6,8-9,12H,7,10-11,13H2,1-5H3,(H,18,20). The average Bonchev–Trinajstić information content (AvgIpc) is 2.40. The van der Waals surface area contributed by atoms with E-state index in [0.29, 0.717) is 6.54 Å². The number of carbonyl (C=O) groups excluding carboxylic acids is 1. The molecule has 0 aliphatic heterocycles. The molecule has 1 aromatic carbocycles. The molecule has 118 valence electrons. The minimum absolute atomic E-state index is 0.0650. The molecule has 4 heteroatoms. The number of rotatable bonds is 7. The van der Waals surface area contributed by atoms with Crippen molar-refractivity contribution in [1.82, 2.24) is 10.2 Å². The number of nitrogens with zero attached hydrogens (tertiary/aromatic N) is 1. The predicted molar refractivity (Wildman–Crippen MR) is 86.8 cm³/mol. The zero-order valence-electron chi connectivity index (χ0n) is 13.9. The van der Waals surface area contributed by atoms with Crippen LogP contribution >= 0.6 is 0 Å². The van der Waals surface area contributed by atoms with Gasteiger partial charge in [-0.25, -0.2) is 0 Å². The SMILES string of the molecule is CN(C)CCCNC(=O)COc1cccc(C(C)(C)C)c1. The molecule has 0 saturated heterocycles. The molecule has 1 amide bonds. The molecular formula is C17H28N2O2. The Labute approximate surface area is 128 Å². The first-order valence-corrected chi connectivity index (χ1v) is 7.44. The van der Waals surface area contributed by atoms with Gasteiger partial charge < -0.3 is 15.0 Å². The Morgan fingerprint density at radius 3 is 2.62 bits per heavy atom. The predicted octanol–water partition coefficient (Wildman–Crippen LogP) is 2.43. The van der Waals surface area contributed by atoms with Gasteiger partial charge in [-0.3, -0.25) is 4.79 Å². The minimum atomic E-state index is -0.0742. The first kappa shape index (κ1) is 17.5. The molecule has 0 radical (unpaired) electrons. The maximum atomic E-state index is 11.7. The van der Waals surface area contributed by atoms with Gasteiger partial charge in [0.1, 0.15) is 5.75 Å². The van der Waals surface area contributed by atoms with Crippen LogP contribution in [0.4, 0.5) is 0 Å². The maximum Gasteiger partial charge on any atom is 0.257 e. The Morgan fingerprint density at radius 2 is 2.00 bits per heavy atom. The molecule has 4 nitrogen and oxygen atoms in total. The van der Waals surface area contributed by atoms with Gasteiger partial charge in [0.05, 0.1) is 0 Å². The van der Waals surface area contributed by atoms with E-state index in [4.69, 9.17) is 4.74 Å². The first-order valence-electron chi connectivity index (χ1n) is 7.44. The number of hydrogen-bond acceptors (Lipinski definition) is 3. The second-order valence-corrected chi connectivity index (χ2v) is 6.57. The fourth-order valence-electron chi connectivity index (χ4n) is 1.88. The Hall–Kier alpha value is -1.55. The van der Waals surface area contributed by atoms with Crippen molar-refractivity contribution in [2.75, 3.05) is 33.8 Å². The Balaban J connectivity index is 2.36. The number of hydrogen-bond donors (Lipinski definition) is 1. The second kappa shape index (κ2) is 8.03. The lowest BCUT2D eigenvalue weighted by Gasteiger charge is -2.19. The van der Waals surface area contributed by atoms with Gasteiger partial charge in [0, 0.05) is 6.54 Å². The topological polar surface area (TPSA) is 41.6 Å². The molecule has 0 aliphatic rings. The van der Waals surface area contributed by atoms with E-state index in [0.717, 1.165) is 18.7 Å². The second-order valence-electron chi connectivity index (χ2n) is 6.57. The van der Waals surface area contributed by atoms with Gasteiger partial charge in [-0.1, -0.05) is 32.9 Å². The van der Waals surface area contributed by atoms with Crippen molar-refractivity contribution in [3.8, 4) is 5.75 Å². The van der Waals surface area contributed by atoms with Crippen LogP contribution in [0.15, 0.2) is 24.3 Å². The molecule has 0 unspecified atom stereocenters. The normalized spacial score (nSPS) is 11.5. The van der Waals surface area contributed by atoms with Crippen molar-refractivity contribution in [3.05, 3.63) is 29.8 Å².